The standard InChI is InChI=1S/C19H21FN2O4S/c1-26-19(23)16-8-7-15(20)9-18(16)27(24,25)22-11-14(10-21)17(12-22)13-5-3-2-4-6-13/h2-9,14,17H,10-12,21H2,1H3/t14-,17+/m1/s1. The molecule has 0 spiro atoms. The van der Waals surface area contributed by atoms with Gasteiger partial charge >= 0.3 is 5.97 Å². The first-order valence-electron chi connectivity index (χ1n) is 8.51. The highest BCUT2D eigenvalue weighted by atomic mass is 32.2. The molecule has 1 aliphatic heterocycles. The normalized spacial score (nSPS) is 20.6. The van der Waals surface area contributed by atoms with Crippen LogP contribution in [0.4, 0.5) is 4.39 Å². The predicted molar refractivity (Wildman–Crippen MR) is 98.2 cm³/mol. The van der Waals surface area contributed by atoms with Gasteiger partial charge in [0.15, 0.2) is 0 Å². The lowest BCUT2D eigenvalue weighted by Crippen LogP contribution is -2.31. The fourth-order valence-electron chi connectivity index (χ4n) is 3.47. The third-order valence-corrected chi connectivity index (χ3v) is 6.78. The summed E-state index contributed by atoms with van der Waals surface area (Å²) in [7, 11) is -2.95. The van der Waals surface area contributed by atoms with Crippen LogP contribution in [-0.4, -0.2) is 45.4 Å². The summed E-state index contributed by atoms with van der Waals surface area (Å²) < 4.78 is 46.0. The average Bonchev–Trinajstić information content (AvgIpc) is 3.13. The van der Waals surface area contributed by atoms with Crippen LogP contribution in [0.5, 0.6) is 0 Å². The van der Waals surface area contributed by atoms with Gasteiger partial charge in [-0.2, -0.15) is 4.31 Å². The van der Waals surface area contributed by atoms with Crippen LogP contribution in [-0.2, 0) is 14.8 Å². The summed E-state index contributed by atoms with van der Waals surface area (Å²) in [6.07, 6.45) is 0. The van der Waals surface area contributed by atoms with Crippen molar-refractivity contribution >= 4 is 16.0 Å². The van der Waals surface area contributed by atoms with Crippen molar-refractivity contribution in [2.75, 3.05) is 26.7 Å². The monoisotopic (exact) mass is 392 g/mol. The summed E-state index contributed by atoms with van der Waals surface area (Å²) >= 11 is 0. The lowest BCUT2D eigenvalue weighted by atomic mass is 9.89. The van der Waals surface area contributed by atoms with E-state index in [0.29, 0.717) is 6.54 Å². The molecule has 3 rings (SSSR count). The molecule has 27 heavy (non-hydrogen) atoms. The van der Waals surface area contributed by atoms with Crippen LogP contribution in [0.15, 0.2) is 53.4 Å². The molecular formula is C19H21FN2O4S. The summed E-state index contributed by atoms with van der Waals surface area (Å²) in [6.45, 7) is 0.736. The van der Waals surface area contributed by atoms with Crippen molar-refractivity contribution in [2.24, 2.45) is 11.7 Å². The van der Waals surface area contributed by atoms with Crippen LogP contribution in [0, 0.1) is 11.7 Å². The zero-order chi connectivity index (χ0) is 19.6. The number of halogens is 1. The Balaban J connectivity index is 1.99. The van der Waals surface area contributed by atoms with Crippen LogP contribution in [0.2, 0.25) is 0 Å². The summed E-state index contributed by atoms with van der Waals surface area (Å²) in [6, 6.07) is 12.6. The minimum absolute atomic E-state index is 0.0684. The van der Waals surface area contributed by atoms with E-state index in [1.807, 2.05) is 30.3 Å². The fraction of sp³-hybridized carbons (Fsp3) is 0.316. The molecule has 1 aliphatic rings. The molecule has 2 atom stereocenters. The van der Waals surface area contributed by atoms with Crippen LogP contribution in [0.3, 0.4) is 0 Å². The largest absolute Gasteiger partial charge is 0.465 e. The highest BCUT2D eigenvalue weighted by molar-refractivity contribution is 7.89. The van der Waals surface area contributed by atoms with Crippen molar-refractivity contribution in [3.05, 3.63) is 65.5 Å². The van der Waals surface area contributed by atoms with Crippen molar-refractivity contribution in [1.82, 2.24) is 4.31 Å². The van der Waals surface area contributed by atoms with Crippen LogP contribution in [0.1, 0.15) is 21.8 Å². The zero-order valence-corrected chi connectivity index (χ0v) is 15.7. The lowest BCUT2D eigenvalue weighted by molar-refractivity contribution is 0.0596. The SMILES string of the molecule is COC(=O)c1ccc(F)cc1S(=O)(=O)N1C[C@@H](CN)[C@H](c2ccccc2)C1. The number of benzene rings is 2. The van der Waals surface area contributed by atoms with Crippen molar-refractivity contribution in [2.45, 2.75) is 10.8 Å². The Labute approximate surface area is 157 Å². The molecule has 0 aromatic heterocycles. The van der Waals surface area contributed by atoms with Crippen LogP contribution < -0.4 is 5.73 Å². The Morgan fingerprint density at radius 2 is 1.93 bits per heavy atom. The van der Waals surface area contributed by atoms with E-state index >= 15 is 0 Å². The predicted octanol–water partition coefficient (Wildman–Crippen LogP) is 1.98. The second-order valence-corrected chi connectivity index (χ2v) is 8.37. The smallest absolute Gasteiger partial charge is 0.339 e. The molecule has 144 valence electrons. The van der Waals surface area contributed by atoms with Gasteiger partial charge in [-0.25, -0.2) is 17.6 Å². The van der Waals surface area contributed by atoms with Gasteiger partial charge in [-0.15, -0.1) is 0 Å². The fourth-order valence-corrected chi connectivity index (χ4v) is 5.19. The molecular weight excluding hydrogens is 371 g/mol. The molecule has 2 aromatic carbocycles. The molecule has 2 aromatic rings. The Kier molecular flexibility index (Phi) is 5.59. The first kappa shape index (κ1) is 19.5. The molecule has 0 aliphatic carbocycles. The van der Waals surface area contributed by atoms with Gasteiger partial charge in [0.25, 0.3) is 0 Å². The highest BCUT2D eigenvalue weighted by Crippen LogP contribution is 2.36. The van der Waals surface area contributed by atoms with Crippen LogP contribution >= 0.6 is 0 Å². The number of sulfonamides is 1. The first-order valence-corrected chi connectivity index (χ1v) is 9.95. The van der Waals surface area contributed by atoms with E-state index in [1.54, 1.807) is 0 Å². The van der Waals surface area contributed by atoms with E-state index in [-0.39, 0.29) is 35.4 Å². The van der Waals surface area contributed by atoms with Crippen molar-refractivity contribution in [3.8, 4) is 0 Å². The molecule has 6 nitrogen and oxygen atoms in total. The number of carbonyl (C=O) groups is 1. The van der Waals surface area contributed by atoms with Gasteiger partial charge in [0.05, 0.1) is 17.6 Å². The number of hydrogen-bond acceptors (Lipinski definition) is 5. The molecule has 0 unspecified atom stereocenters. The number of nitrogens with zero attached hydrogens (tertiary/aromatic N) is 1. The molecule has 0 radical (unpaired) electrons. The first-order chi connectivity index (χ1) is 12.9. The molecule has 1 saturated heterocycles. The Bertz CT molecular complexity index is 934. The Morgan fingerprint density at radius 1 is 1.22 bits per heavy atom. The molecule has 2 N–H and O–H groups in total. The van der Waals surface area contributed by atoms with Gasteiger partial charge in [0.2, 0.25) is 10.0 Å². The van der Waals surface area contributed by atoms with E-state index in [9.17, 15) is 17.6 Å². The molecule has 0 amide bonds. The topological polar surface area (TPSA) is 89.7 Å². The van der Waals surface area contributed by atoms with E-state index in [4.69, 9.17) is 5.73 Å². The van der Waals surface area contributed by atoms with Crippen molar-refractivity contribution in [3.63, 3.8) is 0 Å². The number of nitrogens with two attached hydrogens (primary N) is 1. The average molecular weight is 392 g/mol. The number of esters is 1. The molecule has 1 fully saturated rings. The summed E-state index contributed by atoms with van der Waals surface area (Å²) in [5.41, 5.74) is 6.68. The third kappa shape index (κ3) is 3.73. The van der Waals surface area contributed by atoms with Crippen LogP contribution in [0.25, 0.3) is 0 Å². The second-order valence-electron chi connectivity index (χ2n) is 6.47. The zero-order valence-electron chi connectivity index (χ0n) is 14.8. The maximum atomic E-state index is 13.8. The quantitative estimate of drug-likeness (QED) is 0.786. The molecule has 1 heterocycles. The summed E-state index contributed by atoms with van der Waals surface area (Å²) in [4.78, 5) is 11.6. The third-order valence-electron chi connectivity index (χ3n) is 4.90. The lowest BCUT2D eigenvalue weighted by Gasteiger charge is -2.18. The van der Waals surface area contributed by atoms with Gasteiger partial charge in [-0.05, 0) is 36.2 Å². The number of hydrogen-bond donors (Lipinski definition) is 1. The summed E-state index contributed by atoms with van der Waals surface area (Å²) in [5.74, 6) is -1.71. The van der Waals surface area contributed by atoms with Gasteiger partial charge < -0.3 is 10.5 Å². The highest BCUT2D eigenvalue weighted by Gasteiger charge is 2.40. The van der Waals surface area contributed by atoms with E-state index in [2.05, 4.69) is 4.74 Å². The second kappa shape index (κ2) is 7.75. The summed E-state index contributed by atoms with van der Waals surface area (Å²) in [5, 5.41) is 0. The molecule has 0 saturated carbocycles. The molecule has 8 heteroatoms. The number of carbonyl (C=O) groups excluding carboxylic acids is 1. The van der Waals surface area contributed by atoms with Gasteiger partial charge in [0.1, 0.15) is 5.82 Å². The maximum Gasteiger partial charge on any atom is 0.339 e. The number of methoxy groups -OCH3 is 1. The Hall–Kier alpha value is -2.29. The maximum absolute atomic E-state index is 13.8. The van der Waals surface area contributed by atoms with Crippen molar-refractivity contribution < 1.29 is 22.3 Å². The van der Waals surface area contributed by atoms with Gasteiger partial charge in [-0.1, -0.05) is 30.3 Å². The van der Waals surface area contributed by atoms with E-state index in [0.717, 1.165) is 30.9 Å². The van der Waals surface area contributed by atoms with E-state index in [1.165, 1.54) is 4.31 Å². The Morgan fingerprint density at radius 3 is 2.56 bits per heavy atom. The van der Waals surface area contributed by atoms with Crippen molar-refractivity contribution in [1.29, 1.82) is 0 Å². The minimum Gasteiger partial charge on any atom is -0.465 e. The number of rotatable bonds is 5. The van der Waals surface area contributed by atoms with E-state index < -0.39 is 21.8 Å². The van der Waals surface area contributed by atoms with Gasteiger partial charge in [0, 0.05) is 19.0 Å². The molecule has 0 bridgehead atoms. The number of ether oxygens (including phenoxy) is 1. The van der Waals surface area contributed by atoms with Gasteiger partial charge in [-0.3, -0.25) is 0 Å². The minimum atomic E-state index is -4.09.